The third-order valence-electron chi connectivity index (χ3n) is 3.68. The third kappa shape index (κ3) is 2.36. The highest BCUT2D eigenvalue weighted by Gasteiger charge is 2.38. The van der Waals surface area contributed by atoms with Gasteiger partial charge in [-0.25, -0.2) is 4.79 Å². The Morgan fingerprint density at radius 1 is 1.56 bits per heavy atom. The molecule has 0 saturated carbocycles. The van der Waals surface area contributed by atoms with Crippen LogP contribution in [0.3, 0.4) is 0 Å². The Labute approximate surface area is 108 Å². The fraction of sp³-hybridized carbons (Fsp3) is 0.615. The van der Waals surface area contributed by atoms with Crippen LogP contribution < -0.4 is 5.32 Å². The average Bonchev–Trinajstić information content (AvgIpc) is 2.93. The number of hydrogen-bond acceptors (Lipinski definition) is 2. The predicted molar refractivity (Wildman–Crippen MR) is 71.4 cm³/mol. The molecule has 2 amide bonds. The molecule has 1 fully saturated rings. The highest BCUT2D eigenvalue weighted by Crippen LogP contribution is 2.27. The lowest BCUT2D eigenvalue weighted by atomic mass is 10.1. The van der Waals surface area contributed by atoms with Crippen LogP contribution in [0.25, 0.3) is 0 Å². The van der Waals surface area contributed by atoms with Crippen molar-refractivity contribution in [3.8, 4) is 0 Å². The predicted octanol–water partition coefficient (Wildman–Crippen LogP) is 1.42. The number of aromatic amines is 1. The number of carbonyl (C=O) groups is 1. The Balaban J connectivity index is 2.10. The van der Waals surface area contributed by atoms with E-state index in [0.29, 0.717) is 6.54 Å². The van der Waals surface area contributed by atoms with Crippen molar-refractivity contribution in [3.05, 3.63) is 24.0 Å². The van der Waals surface area contributed by atoms with E-state index in [1.165, 1.54) is 0 Å². The first-order valence-electron chi connectivity index (χ1n) is 6.28. The first kappa shape index (κ1) is 13.0. The quantitative estimate of drug-likeness (QED) is 0.849. The number of amides is 2. The lowest BCUT2D eigenvalue weighted by molar-refractivity contribution is 0.184. The van der Waals surface area contributed by atoms with Crippen LogP contribution in [-0.2, 0) is 0 Å². The topological polar surface area (TPSA) is 51.4 Å². The second kappa shape index (κ2) is 4.65. The molecule has 2 N–H and O–H groups in total. The highest BCUT2D eigenvalue weighted by atomic mass is 16.2. The van der Waals surface area contributed by atoms with E-state index in [-0.39, 0.29) is 17.6 Å². The van der Waals surface area contributed by atoms with Crippen LogP contribution in [0.15, 0.2) is 18.3 Å². The van der Waals surface area contributed by atoms with Gasteiger partial charge in [-0.1, -0.05) is 0 Å². The van der Waals surface area contributed by atoms with Crippen molar-refractivity contribution in [3.63, 3.8) is 0 Å². The van der Waals surface area contributed by atoms with Gasteiger partial charge in [-0.15, -0.1) is 0 Å². The Morgan fingerprint density at radius 2 is 2.28 bits per heavy atom. The summed E-state index contributed by atoms with van der Waals surface area (Å²) in [5.41, 5.74) is 1.02. The second-order valence-electron chi connectivity index (χ2n) is 5.55. The van der Waals surface area contributed by atoms with Crippen LogP contribution >= 0.6 is 0 Å². The Kier molecular flexibility index (Phi) is 3.34. The van der Waals surface area contributed by atoms with E-state index in [1.54, 1.807) is 4.90 Å². The largest absolute Gasteiger partial charge is 0.363 e. The summed E-state index contributed by atoms with van der Waals surface area (Å²) in [6, 6.07) is 4.22. The van der Waals surface area contributed by atoms with E-state index >= 15 is 0 Å². The van der Waals surface area contributed by atoms with Crippen LogP contribution in [0.1, 0.15) is 25.6 Å². The molecule has 1 aliphatic rings. The summed E-state index contributed by atoms with van der Waals surface area (Å²) in [5, 5.41) is 3.23. The number of hydrogen-bond donors (Lipinski definition) is 2. The minimum absolute atomic E-state index is 0.0683. The van der Waals surface area contributed by atoms with Crippen LogP contribution in [0.5, 0.6) is 0 Å². The molecule has 0 aromatic carbocycles. The lowest BCUT2D eigenvalue weighted by Crippen LogP contribution is -2.48. The maximum atomic E-state index is 12.2. The number of H-pyrrole nitrogens is 1. The molecule has 1 aliphatic heterocycles. The minimum atomic E-state index is -0.0683. The fourth-order valence-electron chi connectivity index (χ4n) is 2.31. The standard InChI is InChI=1S/C13H22N4O/c1-13(2,14-3)9-17-8-11(16(4)12(17)18)10-6-5-7-15-10/h5-7,11,14-15H,8-9H2,1-4H3. The van der Waals surface area contributed by atoms with E-state index in [2.05, 4.69) is 24.1 Å². The van der Waals surface area contributed by atoms with Gasteiger partial charge in [0.05, 0.1) is 6.04 Å². The van der Waals surface area contributed by atoms with Crippen molar-refractivity contribution in [2.75, 3.05) is 27.2 Å². The van der Waals surface area contributed by atoms with E-state index < -0.39 is 0 Å². The van der Waals surface area contributed by atoms with Gasteiger partial charge in [-0.05, 0) is 33.0 Å². The van der Waals surface area contributed by atoms with E-state index in [4.69, 9.17) is 0 Å². The minimum Gasteiger partial charge on any atom is -0.363 e. The monoisotopic (exact) mass is 250 g/mol. The van der Waals surface area contributed by atoms with Crippen molar-refractivity contribution in [2.45, 2.75) is 25.4 Å². The zero-order valence-corrected chi connectivity index (χ0v) is 11.5. The van der Waals surface area contributed by atoms with Crippen LogP contribution in [0, 0.1) is 0 Å². The van der Waals surface area contributed by atoms with Gasteiger partial charge >= 0.3 is 6.03 Å². The molecular formula is C13H22N4O. The van der Waals surface area contributed by atoms with Gasteiger partial charge in [0.15, 0.2) is 0 Å². The molecule has 0 aliphatic carbocycles. The van der Waals surface area contributed by atoms with Crippen LogP contribution in [-0.4, -0.2) is 53.5 Å². The number of nitrogens with one attached hydrogen (secondary N) is 2. The molecule has 1 aromatic rings. The van der Waals surface area contributed by atoms with Crippen molar-refractivity contribution >= 4 is 6.03 Å². The summed E-state index contributed by atoms with van der Waals surface area (Å²) in [4.78, 5) is 19.1. The second-order valence-corrected chi connectivity index (χ2v) is 5.55. The number of urea groups is 1. The van der Waals surface area contributed by atoms with Gasteiger partial charge in [0.1, 0.15) is 0 Å². The average molecular weight is 250 g/mol. The molecule has 0 bridgehead atoms. The van der Waals surface area contributed by atoms with Gasteiger partial charge < -0.3 is 20.1 Å². The summed E-state index contributed by atoms with van der Waals surface area (Å²) in [7, 11) is 3.78. The highest BCUT2D eigenvalue weighted by molar-refractivity contribution is 5.77. The molecule has 0 radical (unpaired) electrons. The summed E-state index contributed by atoms with van der Waals surface area (Å²) < 4.78 is 0. The van der Waals surface area contributed by atoms with Crippen molar-refractivity contribution in [1.82, 2.24) is 20.1 Å². The zero-order valence-electron chi connectivity index (χ0n) is 11.5. The molecular weight excluding hydrogens is 228 g/mol. The van der Waals surface area contributed by atoms with Crippen LogP contribution in [0.4, 0.5) is 4.79 Å². The molecule has 1 saturated heterocycles. The Morgan fingerprint density at radius 3 is 2.83 bits per heavy atom. The first-order chi connectivity index (χ1) is 8.44. The molecule has 0 spiro atoms. The zero-order chi connectivity index (χ0) is 13.3. The summed E-state index contributed by atoms with van der Waals surface area (Å²) in [5.74, 6) is 0. The summed E-state index contributed by atoms with van der Waals surface area (Å²) in [6.07, 6.45) is 1.90. The number of likely N-dealkylation sites (N-methyl/N-ethyl adjacent to an activating group) is 2. The molecule has 5 nitrogen and oxygen atoms in total. The fourth-order valence-corrected chi connectivity index (χ4v) is 2.31. The van der Waals surface area contributed by atoms with E-state index in [0.717, 1.165) is 12.2 Å². The van der Waals surface area contributed by atoms with Gasteiger partial charge in [-0.2, -0.15) is 0 Å². The maximum absolute atomic E-state index is 12.2. The van der Waals surface area contributed by atoms with Gasteiger partial charge in [-0.3, -0.25) is 0 Å². The molecule has 1 atom stereocenters. The molecule has 2 rings (SSSR count). The normalized spacial score (nSPS) is 20.9. The molecule has 5 heteroatoms. The molecule has 1 unspecified atom stereocenters. The van der Waals surface area contributed by atoms with Gasteiger partial charge in [0, 0.05) is 37.6 Å². The van der Waals surface area contributed by atoms with Gasteiger partial charge in [0.2, 0.25) is 0 Å². The first-order valence-corrected chi connectivity index (χ1v) is 6.28. The van der Waals surface area contributed by atoms with E-state index in [9.17, 15) is 4.79 Å². The Bertz CT molecular complexity index is 413. The van der Waals surface area contributed by atoms with E-state index in [1.807, 2.05) is 37.3 Å². The SMILES string of the molecule is CNC(C)(C)CN1CC(c2ccc[nH]2)N(C)C1=O. The van der Waals surface area contributed by atoms with Crippen LogP contribution in [0.2, 0.25) is 0 Å². The third-order valence-corrected chi connectivity index (χ3v) is 3.68. The lowest BCUT2D eigenvalue weighted by Gasteiger charge is -2.29. The smallest absolute Gasteiger partial charge is 0.320 e. The van der Waals surface area contributed by atoms with Crippen molar-refractivity contribution in [2.24, 2.45) is 0 Å². The molecule has 2 heterocycles. The molecule has 100 valence electrons. The summed E-state index contributed by atoms with van der Waals surface area (Å²) in [6.45, 7) is 5.65. The number of carbonyl (C=O) groups excluding carboxylic acids is 1. The Hall–Kier alpha value is -1.49. The molecule has 18 heavy (non-hydrogen) atoms. The number of nitrogens with zero attached hydrogens (tertiary/aromatic N) is 2. The van der Waals surface area contributed by atoms with Crippen molar-refractivity contribution < 1.29 is 4.79 Å². The van der Waals surface area contributed by atoms with Gasteiger partial charge in [0.25, 0.3) is 0 Å². The maximum Gasteiger partial charge on any atom is 0.320 e. The molecule has 1 aromatic heterocycles. The number of rotatable bonds is 4. The summed E-state index contributed by atoms with van der Waals surface area (Å²) >= 11 is 0. The number of aromatic nitrogens is 1. The van der Waals surface area contributed by atoms with Crippen molar-refractivity contribution in [1.29, 1.82) is 0 Å².